The monoisotopic (exact) mass is 478 g/mol. The van der Waals surface area contributed by atoms with Gasteiger partial charge in [-0.15, -0.1) is 22.7 Å². The first kappa shape index (κ1) is 22.5. The van der Waals surface area contributed by atoms with E-state index in [-0.39, 0.29) is 17.9 Å². The summed E-state index contributed by atoms with van der Waals surface area (Å²) in [4.78, 5) is 18.2. The first-order chi connectivity index (χ1) is 14.8. The van der Waals surface area contributed by atoms with Gasteiger partial charge in [-0.1, -0.05) is 11.6 Å². The van der Waals surface area contributed by atoms with Gasteiger partial charge < -0.3 is 10.1 Å². The van der Waals surface area contributed by atoms with Gasteiger partial charge in [0.15, 0.2) is 0 Å². The molecule has 1 saturated heterocycles. The maximum atomic E-state index is 12.4. The summed E-state index contributed by atoms with van der Waals surface area (Å²) in [6.45, 7) is 8.66. The summed E-state index contributed by atoms with van der Waals surface area (Å²) < 4.78 is 8.14. The van der Waals surface area contributed by atoms with E-state index in [1.807, 2.05) is 28.4 Å². The number of hydrogen-bond acceptors (Lipinski definition) is 6. The number of ether oxygens (including phenoxy) is 1. The Bertz CT molecular complexity index is 1040. The normalized spacial score (nSPS) is 15.4. The van der Waals surface area contributed by atoms with E-state index in [9.17, 15) is 4.79 Å². The van der Waals surface area contributed by atoms with Crippen molar-refractivity contribution in [2.45, 2.75) is 45.6 Å². The third kappa shape index (κ3) is 5.37. The molecule has 0 saturated carbocycles. The number of hydrogen-bond donors (Lipinski definition) is 1. The first-order valence-corrected chi connectivity index (χ1v) is 12.5. The minimum Gasteiger partial charge on any atom is -0.381 e. The van der Waals surface area contributed by atoms with Gasteiger partial charge in [-0.3, -0.25) is 9.48 Å². The number of amides is 1. The fraction of sp³-hybridized carbons (Fsp3) is 0.500. The molecule has 9 heteroatoms. The van der Waals surface area contributed by atoms with E-state index in [1.54, 1.807) is 11.3 Å². The molecule has 1 aliphatic rings. The van der Waals surface area contributed by atoms with Gasteiger partial charge >= 0.3 is 0 Å². The van der Waals surface area contributed by atoms with Crippen molar-refractivity contribution in [3.63, 3.8) is 0 Å². The van der Waals surface area contributed by atoms with Crippen LogP contribution in [0.5, 0.6) is 0 Å². The Kier molecular flexibility index (Phi) is 6.81. The van der Waals surface area contributed by atoms with Gasteiger partial charge in [0.2, 0.25) is 5.91 Å². The molecule has 0 unspecified atom stereocenters. The van der Waals surface area contributed by atoms with Gasteiger partial charge in [0.05, 0.1) is 44.3 Å². The molecule has 1 N–H and O–H groups in total. The lowest BCUT2D eigenvalue weighted by Crippen LogP contribution is -2.33. The maximum absolute atomic E-state index is 12.4. The molecule has 0 radical (unpaired) electrons. The SMILES string of the molecule is CC(C)(C)n1ncc(-c2nc(CC(=O)NCC3CCOCC3)cs2)c1-c1ccc(Cl)s1. The third-order valence-electron chi connectivity index (χ3n) is 5.26. The standard InChI is InChI=1S/C22H27ClN4O2S2/c1-22(2,3)27-20(17-4-5-18(23)31-17)16(12-25-27)21-26-15(13-30-21)10-19(28)24-11-14-6-8-29-9-7-14/h4-5,12-14H,6-11H2,1-3H3,(H,24,28). The molecule has 6 nitrogen and oxygen atoms in total. The number of rotatable bonds is 6. The first-order valence-electron chi connectivity index (χ1n) is 10.4. The van der Waals surface area contributed by atoms with Gasteiger partial charge in [-0.2, -0.15) is 5.10 Å². The molecular formula is C22H27ClN4O2S2. The summed E-state index contributed by atoms with van der Waals surface area (Å²) in [5.41, 5.74) is 2.57. The minimum atomic E-state index is -0.186. The molecule has 3 aromatic rings. The molecule has 4 rings (SSSR count). The molecule has 1 aliphatic heterocycles. The molecule has 1 fully saturated rings. The number of thiophene rings is 1. The second-order valence-corrected chi connectivity index (χ2v) is 11.3. The van der Waals surface area contributed by atoms with Crippen LogP contribution in [-0.2, 0) is 21.5 Å². The summed E-state index contributed by atoms with van der Waals surface area (Å²) in [5.74, 6) is 0.520. The molecule has 31 heavy (non-hydrogen) atoms. The van der Waals surface area contributed by atoms with Gasteiger partial charge in [0.1, 0.15) is 5.01 Å². The molecule has 1 amide bonds. The Morgan fingerprint density at radius 3 is 2.77 bits per heavy atom. The van der Waals surface area contributed by atoms with Crippen LogP contribution in [0.15, 0.2) is 23.7 Å². The molecule has 4 heterocycles. The van der Waals surface area contributed by atoms with Crippen LogP contribution in [0, 0.1) is 5.92 Å². The van der Waals surface area contributed by atoms with Crippen molar-refractivity contribution in [1.29, 1.82) is 0 Å². The number of carbonyl (C=O) groups excluding carboxylic acids is 1. The average Bonchev–Trinajstić information content (AvgIpc) is 3.45. The second kappa shape index (κ2) is 9.40. The molecular weight excluding hydrogens is 452 g/mol. The number of nitrogens with one attached hydrogen (secondary N) is 1. The summed E-state index contributed by atoms with van der Waals surface area (Å²) >= 11 is 9.29. The third-order valence-corrected chi connectivity index (χ3v) is 7.43. The van der Waals surface area contributed by atoms with Crippen molar-refractivity contribution < 1.29 is 9.53 Å². The fourth-order valence-electron chi connectivity index (χ4n) is 3.64. The van der Waals surface area contributed by atoms with Crippen LogP contribution < -0.4 is 5.32 Å². The van der Waals surface area contributed by atoms with Gasteiger partial charge in [0, 0.05) is 25.1 Å². The highest BCUT2D eigenvalue weighted by molar-refractivity contribution is 7.19. The van der Waals surface area contributed by atoms with Gasteiger partial charge in [-0.25, -0.2) is 4.98 Å². The number of aromatic nitrogens is 3. The van der Waals surface area contributed by atoms with E-state index in [0.717, 1.165) is 57.2 Å². The molecule has 0 aromatic carbocycles. The predicted molar refractivity (Wildman–Crippen MR) is 127 cm³/mol. The van der Waals surface area contributed by atoms with Crippen molar-refractivity contribution in [3.8, 4) is 21.1 Å². The summed E-state index contributed by atoms with van der Waals surface area (Å²) in [5, 5.41) is 10.5. The van der Waals surface area contributed by atoms with Crippen LogP contribution >= 0.6 is 34.3 Å². The van der Waals surface area contributed by atoms with E-state index in [0.29, 0.717) is 12.5 Å². The molecule has 0 bridgehead atoms. The summed E-state index contributed by atoms with van der Waals surface area (Å²) in [6.07, 6.45) is 4.16. The number of carbonyl (C=O) groups is 1. The van der Waals surface area contributed by atoms with Crippen molar-refractivity contribution in [2.75, 3.05) is 19.8 Å². The molecule has 3 aromatic heterocycles. The fourth-order valence-corrected chi connectivity index (χ4v) is 5.56. The van der Waals surface area contributed by atoms with E-state index >= 15 is 0 Å². The number of thiazole rings is 1. The maximum Gasteiger partial charge on any atom is 0.226 e. The van der Waals surface area contributed by atoms with Gasteiger partial charge in [-0.05, 0) is 51.7 Å². The molecule has 0 atom stereocenters. The molecule has 0 aliphatic carbocycles. The predicted octanol–water partition coefficient (Wildman–Crippen LogP) is 5.23. The van der Waals surface area contributed by atoms with Crippen molar-refractivity contribution >= 4 is 40.2 Å². The van der Waals surface area contributed by atoms with Crippen LogP contribution in [-0.4, -0.2) is 40.4 Å². The van der Waals surface area contributed by atoms with Crippen molar-refractivity contribution in [2.24, 2.45) is 5.92 Å². The highest BCUT2D eigenvalue weighted by Gasteiger charge is 2.25. The van der Waals surface area contributed by atoms with Crippen molar-refractivity contribution in [1.82, 2.24) is 20.1 Å². The van der Waals surface area contributed by atoms with Crippen LogP contribution in [0.4, 0.5) is 0 Å². The highest BCUT2D eigenvalue weighted by atomic mass is 35.5. The van der Waals surface area contributed by atoms with Crippen molar-refractivity contribution in [3.05, 3.63) is 33.7 Å². The largest absolute Gasteiger partial charge is 0.381 e. The lowest BCUT2D eigenvalue weighted by atomic mass is 10.0. The minimum absolute atomic E-state index is 0.0130. The summed E-state index contributed by atoms with van der Waals surface area (Å²) in [7, 11) is 0. The summed E-state index contributed by atoms with van der Waals surface area (Å²) in [6, 6.07) is 3.93. The number of nitrogens with zero attached hydrogens (tertiary/aromatic N) is 3. The van der Waals surface area contributed by atoms with E-state index in [1.165, 1.54) is 11.3 Å². The smallest absolute Gasteiger partial charge is 0.226 e. The quantitative estimate of drug-likeness (QED) is 0.526. The lowest BCUT2D eigenvalue weighted by molar-refractivity contribution is -0.120. The van der Waals surface area contributed by atoms with Crippen LogP contribution in [0.25, 0.3) is 21.1 Å². The highest BCUT2D eigenvalue weighted by Crippen LogP contribution is 2.40. The van der Waals surface area contributed by atoms with E-state index in [2.05, 4.69) is 31.2 Å². The zero-order valence-corrected chi connectivity index (χ0v) is 20.4. The Balaban J connectivity index is 1.51. The zero-order chi connectivity index (χ0) is 22.0. The van der Waals surface area contributed by atoms with Crippen LogP contribution in [0.3, 0.4) is 0 Å². The van der Waals surface area contributed by atoms with Gasteiger partial charge in [0.25, 0.3) is 0 Å². The Morgan fingerprint density at radius 2 is 2.10 bits per heavy atom. The topological polar surface area (TPSA) is 69.0 Å². The average molecular weight is 479 g/mol. The van der Waals surface area contributed by atoms with Crippen LogP contribution in [0.1, 0.15) is 39.3 Å². The van der Waals surface area contributed by atoms with Crippen LogP contribution in [0.2, 0.25) is 4.34 Å². The molecule has 166 valence electrons. The Hall–Kier alpha value is -1.74. The zero-order valence-electron chi connectivity index (χ0n) is 18.0. The Labute approximate surface area is 195 Å². The van der Waals surface area contributed by atoms with E-state index < -0.39 is 0 Å². The lowest BCUT2D eigenvalue weighted by Gasteiger charge is -2.22. The Morgan fingerprint density at radius 1 is 1.32 bits per heavy atom. The van der Waals surface area contributed by atoms with E-state index in [4.69, 9.17) is 21.3 Å². The molecule has 0 spiro atoms. The second-order valence-electron chi connectivity index (χ2n) is 8.77. The number of halogens is 1.